The maximum Gasteiger partial charge on any atom is 0.258 e. The number of aromatic amines is 1. The first-order valence-electron chi connectivity index (χ1n) is 6.11. The molecule has 0 saturated heterocycles. The molecule has 3 heterocycles. The van der Waals surface area contributed by atoms with Crippen LogP contribution in [0.3, 0.4) is 0 Å². The molecule has 1 aromatic carbocycles. The summed E-state index contributed by atoms with van der Waals surface area (Å²) < 4.78 is 1.59. The van der Waals surface area contributed by atoms with Crippen molar-refractivity contribution in [1.29, 1.82) is 0 Å². The highest BCUT2D eigenvalue weighted by molar-refractivity contribution is 5.78. The largest absolute Gasteiger partial charge is 0.328 e. The van der Waals surface area contributed by atoms with Gasteiger partial charge in [-0.25, -0.2) is 4.98 Å². The van der Waals surface area contributed by atoms with Crippen LogP contribution in [-0.2, 0) is 0 Å². The number of nitrogens with one attached hydrogen (secondary N) is 1. The summed E-state index contributed by atoms with van der Waals surface area (Å²) in [6.45, 7) is 0. The van der Waals surface area contributed by atoms with Crippen molar-refractivity contribution in [3.8, 4) is 11.4 Å². The Kier molecular flexibility index (Phi) is 2.17. The lowest BCUT2D eigenvalue weighted by molar-refractivity contribution is 0.983. The summed E-state index contributed by atoms with van der Waals surface area (Å²) in [4.78, 5) is 22.9. The van der Waals surface area contributed by atoms with E-state index >= 15 is 0 Å². The molecule has 0 fully saturated rings. The van der Waals surface area contributed by atoms with Crippen LogP contribution in [-0.4, -0.2) is 24.6 Å². The molecule has 96 valence electrons. The fourth-order valence-corrected chi connectivity index (χ4v) is 2.17. The summed E-state index contributed by atoms with van der Waals surface area (Å²) >= 11 is 0. The highest BCUT2D eigenvalue weighted by Crippen LogP contribution is 2.17. The predicted molar refractivity (Wildman–Crippen MR) is 74.3 cm³/mol. The minimum Gasteiger partial charge on any atom is -0.328 e. The second-order valence-electron chi connectivity index (χ2n) is 4.38. The van der Waals surface area contributed by atoms with Crippen molar-refractivity contribution in [1.82, 2.24) is 24.6 Å². The Labute approximate surface area is 112 Å². The standard InChI is InChI=1S/C14H9N5O/c20-13-10-8-16-14-17-12(9-4-2-1-3-5-9)18-19(14)11(10)6-7-15-13/h1-8H,(H,15,20). The first-order chi connectivity index (χ1) is 9.83. The number of benzene rings is 1. The molecule has 0 bridgehead atoms. The molecule has 0 aliphatic heterocycles. The number of pyridine rings is 1. The van der Waals surface area contributed by atoms with Gasteiger partial charge in [0.05, 0.1) is 10.9 Å². The topological polar surface area (TPSA) is 75.9 Å². The summed E-state index contributed by atoms with van der Waals surface area (Å²) in [7, 11) is 0. The minimum atomic E-state index is -0.186. The van der Waals surface area contributed by atoms with Gasteiger partial charge >= 0.3 is 0 Å². The zero-order valence-electron chi connectivity index (χ0n) is 10.3. The van der Waals surface area contributed by atoms with Gasteiger partial charge in [0.2, 0.25) is 0 Å². The molecule has 0 aliphatic carbocycles. The third-order valence-electron chi connectivity index (χ3n) is 3.14. The van der Waals surface area contributed by atoms with Crippen molar-refractivity contribution in [2.45, 2.75) is 0 Å². The van der Waals surface area contributed by atoms with Crippen molar-refractivity contribution in [3.63, 3.8) is 0 Å². The van der Waals surface area contributed by atoms with Crippen molar-refractivity contribution >= 4 is 16.7 Å². The van der Waals surface area contributed by atoms with Crippen LogP contribution in [0.1, 0.15) is 0 Å². The zero-order chi connectivity index (χ0) is 13.5. The van der Waals surface area contributed by atoms with E-state index in [0.717, 1.165) is 5.56 Å². The first kappa shape index (κ1) is 10.9. The second-order valence-corrected chi connectivity index (χ2v) is 4.38. The smallest absolute Gasteiger partial charge is 0.258 e. The fraction of sp³-hybridized carbons (Fsp3) is 0. The predicted octanol–water partition coefficient (Wildman–Crippen LogP) is 1.63. The van der Waals surface area contributed by atoms with Gasteiger partial charge in [0.1, 0.15) is 0 Å². The maximum absolute atomic E-state index is 11.7. The number of hydrogen-bond donors (Lipinski definition) is 1. The van der Waals surface area contributed by atoms with E-state index in [1.165, 1.54) is 6.20 Å². The van der Waals surface area contributed by atoms with Crippen molar-refractivity contribution in [2.75, 3.05) is 0 Å². The van der Waals surface area contributed by atoms with Crippen LogP contribution in [0.5, 0.6) is 0 Å². The number of H-pyrrole nitrogens is 1. The summed E-state index contributed by atoms with van der Waals surface area (Å²) in [6.07, 6.45) is 3.11. The second kappa shape index (κ2) is 3.99. The number of hydrogen-bond acceptors (Lipinski definition) is 4. The van der Waals surface area contributed by atoms with Crippen molar-refractivity contribution in [2.24, 2.45) is 0 Å². The molecule has 0 aliphatic rings. The lowest BCUT2D eigenvalue weighted by Crippen LogP contribution is -2.07. The number of fused-ring (bicyclic) bond motifs is 3. The van der Waals surface area contributed by atoms with Crippen LogP contribution in [0.15, 0.2) is 53.6 Å². The summed E-state index contributed by atoms with van der Waals surface area (Å²) in [5, 5.41) is 4.93. The van der Waals surface area contributed by atoms with Crippen LogP contribution in [0.2, 0.25) is 0 Å². The molecule has 3 aromatic heterocycles. The first-order valence-corrected chi connectivity index (χ1v) is 6.11. The van der Waals surface area contributed by atoms with Gasteiger partial charge in [-0.15, -0.1) is 5.10 Å². The monoisotopic (exact) mass is 263 g/mol. The molecular formula is C14H9N5O. The fourth-order valence-electron chi connectivity index (χ4n) is 2.17. The molecule has 0 unspecified atom stereocenters. The third kappa shape index (κ3) is 1.51. The van der Waals surface area contributed by atoms with Crippen molar-refractivity contribution in [3.05, 3.63) is 59.1 Å². The van der Waals surface area contributed by atoms with E-state index in [-0.39, 0.29) is 5.56 Å². The quantitative estimate of drug-likeness (QED) is 0.566. The lowest BCUT2D eigenvalue weighted by atomic mass is 10.2. The van der Waals surface area contributed by atoms with Gasteiger partial charge in [0.25, 0.3) is 11.3 Å². The van der Waals surface area contributed by atoms with Crippen molar-refractivity contribution < 1.29 is 0 Å². The highest BCUT2D eigenvalue weighted by Gasteiger charge is 2.10. The van der Waals surface area contributed by atoms with Crippen LogP contribution in [0.25, 0.3) is 28.1 Å². The van der Waals surface area contributed by atoms with E-state index in [4.69, 9.17) is 0 Å². The lowest BCUT2D eigenvalue weighted by Gasteiger charge is -1.97. The van der Waals surface area contributed by atoms with E-state index < -0.39 is 0 Å². The Morgan fingerprint density at radius 1 is 1.10 bits per heavy atom. The van der Waals surface area contributed by atoms with Crippen LogP contribution in [0.4, 0.5) is 0 Å². The molecule has 4 rings (SSSR count). The van der Waals surface area contributed by atoms with Gasteiger partial charge in [0.15, 0.2) is 5.82 Å². The van der Waals surface area contributed by atoms with Gasteiger partial charge < -0.3 is 4.98 Å². The average Bonchev–Trinajstić information content (AvgIpc) is 2.93. The Morgan fingerprint density at radius 2 is 1.95 bits per heavy atom. The zero-order valence-corrected chi connectivity index (χ0v) is 10.3. The van der Waals surface area contributed by atoms with E-state index in [1.54, 1.807) is 16.8 Å². The number of aromatic nitrogens is 5. The van der Waals surface area contributed by atoms with Gasteiger partial charge in [-0.05, 0) is 6.07 Å². The molecular weight excluding hydrogens is 254 g/mol. The molecule has 6 nitrogen and oxygen atoms in total. The normalized spacial score (nSPS) is 11.2. The average molecular weight is 263 g/mol. The summed E-state index contributed by atoms with van der Waals surface area (Å²) in [5.41, 5.74) is 1.41. The van der Waals surface area contributed by atoms with Gasteiger partial charge in [-0.3, -0.25) is 4.79 Å². The Morgan fingerprint density at radius 3 is 2.80 bits per heavy atom. The minimum absolute atomic E-state index is 0.186. The molecule has 0 spiro atoms. The molecule has 20 heavy (non-hydrogen) atoms. The van der Waals surface area contributed by atoms with Gasteiger partial charge in [-0.2, -0.15) is 9.50 Å². The van der Waals surface area contributed by atoms with Crippen LogP contribution >= 0.6 is 0 Å². The van der Waals surface area contributed by atoms with Crippen LogP contribution < -0.4 is 5.56 Å². The number of nitrogens with zero attached hydrogens (tertiary/aromatic N) is 4. The van der Waals surface area contributed by atoms with Crippen LogP contribution in [0, 0.1) is 0 Å². The van der Waals surface area contributed by atoms with E-state index in [9.17, 15) is 4.79 Å². The maximum atomic E-state index is 11.7. The molecule has 0 saturated carbocycles. The third-order valence-corrected chi connectivity index (χ3v) is 3.14. The SMILES string of the molecule is O=c1[nH]ccc2c1cnc1nc(-c3ccccc3)nn12. The molecule has 4 aromatic rings. The van der Waals surface area contributed by atoms with Gasteiger partial charge in [0, 0.05) is 18.0 Å². The molecule has 1 N–H and O–H groups in total. The Hall–Kier alpha value is -3.02. The molecule has 0 amide bonds. The number of rotatable bonds is 1. The molecule has 0 atom stereocenters. The molecule has 6 heteroatoms. The molecule has 0 radical (unpaired) electrons. The summed E-state index contributed by atoms with van der Waals surface area (Å²) in [5.74, 6) is 1.06. The Bertz CT molecular complexity index is 971. The van der Waals surface area contributed by atoms with E-state index in [0.29, 0.717) is 22.5 Å². The van der Waals surface area contributed by atoms with Gasteiger partial charge in [-0.1, -0.05) is 30.3 Å². The Balaban J connectivity index is 2.07. The highest BCUT2D eigenvalue weighted by atomic mass is 16.1. The summed E-state index contributed by atoms with van der Waals surface area (Å²) in [6, 6.07) is 11.4. The van der Waals surface area contributed by atoms with E-state index in [2.05, 4.69) is 20.1 Å². The van der Waals surface area contributed by atoms with E-state index in [1.807, 2.05) is 30.3 Å².